The topological polar surface area (TPSA) is 172 Å². The van der Waals surface area contributed by atoms with Crippen molar-refractivity contribution in [2.75, 3.05) is 19.8 Å². The van der Waals surface area contributed by atoms with E-state index in [0.29, 0.717) is 12.8 Å². The summed E-state index contributed by atoms with van der Waals surface area (Å²) in [6.07, 6.45) is 8.30. The van der Waals surface area contributed by atoms with E-state index in [2.05, 4.69) is 11.4 Å². The first-order valence-corrected chi connectivity index (χ1v) is 13.1. The molecule has 4 N–H and O–H groups in total. The van der Waals surface area contributed by atoms with Crippen LogP contribution in [0, 0.1) is 0 Å². The van der Waals surface area contributed by atoms with Crippen LogP contribution < -0.4 is 5.73 Å². The minimum atomic E-state index is -4.66. The third-order valence-electron chi connectivity index (χ3n) is 4.57. The van der Waals surface area contributed by atoms with Gasteiger partial charge < -0.3 is 25.2 Å². The van der Waals surface area contributed by atoms with Gasteiger partial charge in [-0.05, 0) is 12.8 Å². The highest BCUT2D eigenvalue weighted by Crippen LogP contribution is 2.43. The van der Waals surface area contributed by atoms with Crippen LogP contribution in [-0.2, 0) is 37.5 Å². The largest absolute Gasteiger partial charge is 0.480 e. The van der Waals surface area contributed by atoms with E-state index >= 15 is 0 Å². The van der Waals surface area contributed by atoms with Gasteiger partial charge in [0.1, 0.15) is 12.6 Å². The summed E-state index contributed by atoms with van der Waals surface area (Å²) in [6, 6.07) is -1.51. The van der Waals surface area contributed by atoms with Gasteiger partial charge in [-0.3, -0.25) is 23.4 Å². The molecule has 194 valence electrons. The van der Waals surface area contributed by atoms with Gasteiger partial charge in [0.25, 0.3) is 0 Å². The third kappa shape index (κ3) is 18.6. The summed E-state index contributed by atoms with van der Waals surface area (Å²) in [5, 5.41) is 8.69. The molecule has 0 aromatic carbocycles. The van der Waals surface area contributed by atoms with Crippen molar-refractivity contribution in [3.05, 3.63) is 0 Å². The molecule has 12 heteroatoms. The summed E-state index contributed by atoms with van der Waals surface area (Å²) >= 11 is 0. The monoisotopic (exact) mass is 497 g/mol. The molecule has 0 amide bonds. The fourth-order valence-electron chi connectivity index (χ4n) is 2.69. The van der Waals surface area contributed by atoms with E-state index in [1.54, 1.807) is 6.92 Å². The van der Waals surface area contributed by atoms with Crippen molar-refractivity contribution in [1.29, 1.82) is 0 Å². The summed E-state index contributed by atoms with van der Waals surface area (Å²) in [6.45, 7) is 2.27. The van der Waals surface area contributed by atoms with E-state index in [1.165, 1.54) is 25.7 Å². The van der Waals surface area contributed by atoms with Crippen LogP contribution in [0.2, 0.25) is 0 Å². The molecule has 3 atom stereocenters. The van der Waals surface area contributed by atoms with E-state index in [-0.39, 0.29) is 19.4 Å². The number of carbonyl (C=O) groups excluding carboxylic acids is 2. The van der Waals surface area contributed by atoms with Crippen molar-refractivity contribution < 1.29 is 47.5 Å². The van der Waals surface area contributed by atoms with E-state index in [4.69, 9.17) is 24.8 Å². The number of nitrogens with two attached hydrogens (primary N) is 1. The average Bonchev–Trinajstić information content (AvgIpc) is 2.76. The first kappa shape index (κ1) is 31.5. The predicted octanol–water partition coefficient (Wildman–Crippen LogP) is 3.32. The molecule has 0 bridgehead atoms. The highest BCUT2D eigenvalue weighted by atomic mass is 31.2. The lowest BCUT2D eigenvalue weighted by molar-refractivity contribution is -0.161. The van der Waals surface area contributed by atoms with Crippen LogP contribution in [0.5, 0.6) is 0 Å². The third-order valence-corrected chi connectivity index (χ3v) is 5.53. The maximum Gasteiger partial charge on any atom is 0.472 e. The van der Waals surface area contributed by atoms with Gasteiger partial charge in [-0.15, -0.1) is 0 Å². The first-order valence-electron chi connectivity index (χ1n) is 11.6. The zero-order valence-electron chi connectivity index (χ0n) is 19.7. The number of rotatable bonds is 21. The Labute approximate surface area is 195 Å². The Morgan fingerprint density at radius 2 is 1.39 bits per heavy atom. The molecule has 33 heavy (non-hydrogen) atoms. The Hall–Kier alpha value is -1.52. The number of carbonyl (C=O) groups is 3. The van der Waals surface area contributed by atoms with Crippen molar-refractivity contribution in [1.82, 2.24) is 0 Å². The molecule has 0 aliphatic carbocycles. The second-order valence-corrected chi connectivity index (χ2v) is 9.23. The number of ether oxygens (including phenoxy) is 2. The lowest BCUT2D eigenvalue weighted by Gasteiger charge is -2.20. The van der Waals surface area contributed by atoms with Gasteiger partial charge in [0, 0.05) is 12.8 Å². The molecule has 3 unspecified atom stereocenters. The van der Waals surface area contributed by atoms with Crippen LogP contribution in [0.25, 0.3) is 0 Å². The number of aliphatic carboxylic acids is 1. The number of phosphoric acid groups is 1. The maximum absolute atomic E-state index is 12.1. The van der Waals surface area contributed by atoms with Crippen molar-refractivity contribution in [2.24, 2.45) is 5.73 Å². The second-order valence-electron chi connectivity index (χ2n) is 7.77. The normalized spacial score (nSPS) is 14.8. The van der Waals surface area contributed by atoms with E-state index in [1.807, 2.05) is 0 Å². The molecule has 0 aromatic heterocycles. The summed E-state index contributed by atoms with van der Waals surface area (Å²) in [7, 11) is -4.66. The molecule has 0 radical (unpaired) electrons. The Morgan fingerprint density at radius 3 is 1.97 bits per heavy atom. The fraction of sp³-hybridized carbons (Fsp3) is 0.857. The number of phosphoric ester groups is 1. The summed E-state index contributed by atoms with van der Waals surface area (Å²) < 4.78 is 31.5. The van der Waals surface area contributed by atoms with Gasteiger partial charge in [0.05, 0.1) is 13.2 Å². The molecular weight excluding hydrogens is 457 g/mol. The highest BCUT2D eigenvalue weighted by molar-refractivity contribution is 7.47. The molecule has 0 saturated carbocycles. The predicted molar refractivity (Wildman–Crippen MR) is 120 cm³/mol. The Bertz CT molecular complexity index is 616. The SMILES string of the molecule is CCCCCCCCCCC(=O)OC(COC(=O)CCC)COP(=O)(O)OCC(N)C(=O)O. The molecule has 0 spiro atoms. The Kier molecular flexibility index (Phi) is 18.0. The van der Waals surface area contributed by atoms with Crippen molar-refractivity contribution in [3.63, 3.8) is 0 Å². The van der Waals surface area contributed by atoms with E-state index in [0.717, 1.165) is 19.3 Å². The van der Waals surface area contributed by atoms with Crippen LogP contribution in [-0.4, -0.2) is 59.9 Å². The quantitative estimate of drug-likeness (QED) is 0.121. The Morgan fingerprint density at radius 1 is 0.818 bits per heavy atom. The molecule has 0 fully saturated rings. The molecule has 0 rings (SSSR count). The van der Waals surface area contributed by atoms with Crippen LogP contribution in [0.1, 0.15) is 84.5 Å². The first-order chi connectivity index (χ1) is 15.6. The van der Waals surface area contributed by atoms with E-state index in [9.17, 15) is 23.8 Å². The standard InChI is InChI=1S/C21H40NO10P/c1-3-5-6-7-8-9-10-11-13-20(24)32-17(14-29-19(23)12-4-2)15-30-33(27,28)31-16-18(22)21(25)26/h17-18H,3-16,22H2,1-2H3,(H,25,26)(H,27,28). The highest BCUT2D eigenvalue weighted by Gasteiger charge is 2.28. The average molecular weight is 498 g/mol. The number of carboxylic acids is 1. The molecular formula is C21H40NO10P. The van der Waals surface area contributed by atoms with E-state index < -0.39 is 51.1 Å². The minimum absolute atomic E-state index is 0.162. The molecule has 0 saturated heterocycles. The molecule has 0 aliphatic rings. The zero-order valence-corrected chi connectivity index (χ0v) is 20.6. The van der Waals surface area contributed by atoms with Gasteiger partial charge >= 0.3 is 25.7 Å². The van der Waals surface area contributed by atoms with Crippen LogP contribution >= 0.6 is 7.82 Å². The number of hydrogen-bond acceptors (Lipinski definition) is 9. The van der Waals surface area contributed by atoms with Gasteiger partial charge in [-0.25, -0.2) is 4.57 Å². The maximum atomic E-state index is 12.1. The zero-order chi connectivity index (χ0) is 25.1. The van der Waals surface area contributed by atoms with Crippen LogP contribution in [0.3, 0.4) is 0 Å². The lowest BCUT2D eigenvalue weighted by Crippen LogP contribution is -2.34. The summed E-state index contributed by atoms with van der Waals surface area (Å²) in [5.74, 6) is -2.45. The van der Waals surface area contributed by atoms with Crippen molar-refractivity contribution in [2.45, 2.75) is 96.6 Å². The molecule has 0 aromatic rings. The van der Waals surface area contributed by atoms with Gasteiger partial charge in [0.2, 0.25) is 0 Å². The molecule has 0 heterocycles. The smallest absolute Gasteiger partial charge is 0.472 e. The number of unbranched alkanes of at least 4 members (excludes halogenated alkanes) is 7. The Balaban J connectivity index is 4.51. The van der Waals surface area contributed by atoms with Gasteiger partial charge in [0.15, 0.2) is 6.10 Å². The summed E-state index contributed by atoms with van der Waals surface area (Å²) in [4.78, 5) is 44.1. The van der Waals surface area contributed by atoms with Gasteiger partial charge in [-0.1, -0.05) is 58.8 Å². The van der Waals surface area contributed by atoms with Crippen molar-refractivity contribution in [3.8, 4) is 0 Å². The lowest BCUT2D eigenvalue weighted by atomic mass is 10.1. The number of hydrogen-bond donors (Lipinski definition) is 3. The summed E-state index contributed by atoms with van der Waals surface area (Å²) in [5.41, 5.74) is 5.21. The number of carboxylic acid groups (broad SMARTS) is 1. The van der Waals surface area contributed by atoms with Gasteiger partial charge in [-0.2, -0.15) is 0 Å². The molecule has 11 nitrogen and oxygen atoms in total. The minimum Gasteiger partial charge on any atom is -0.480 e. The van der Waals surface area contributed by atoms with Crippen LogP contribution in [0.15, 0.2) is 0 Å². The van der Waals surface area contributed by atoms with Crippen LogP contribution in [0.4, 0.5) is 0 Å². The molecule has 0 aliphatic heterocycles. The fourth-order valence-corrected chi connectivity index (χ4v) is 3.46. The second kappa shape index (κ2) is 18.9. The van der Waals surface area contributed by atoms with Crippen molar-refractivity contribution >= 4 is 25.7 Å². The number of esters is 2.